The lowest BCUT2D eigenvalue weighted by molar-refractivity contribution is -0.143. The van der Waals surface area contributed by atoms with Crippen molar-refractivity contribution in [2.75, 3.05) is 19.1 Å². The maximum absolute atomic E-state index is 10.8. The Kier molecular flexibility index (Phi) is 4.80. The summed E-state index contributed by atoms with van der Waals surface area (Å²) in [7, 11) is 0. The third-order valence-electron chi connectivity index (χ3n) is 3.00. The molecule has 0 saturated carbocycles. The van der Waals surface area contributed by atoms with E-state index < -0.39 is 5.79 Å². The van der Waals surface area contributed by atoms with Gasteiger partial charge in [-0.15, -0.1) is 11.6 Å². The van der Waals surface area contributed by atoms with Gasteiger partial charge in [-0.05, 0) is 24.1 Å². The Hall–Kier alpha value is -1.10. The third kappa shape index (κ3) is 3.93. The van der Waals surface area contributed by atoms with E-state index in [4.69, 9.17) is 25.8 Å². The highest BCUT2D eigenvalue weighted by Gasteiger charge is 2.35. The highest BCUT2D eigenvalue weighted by atomic mass is 35.5. The molecule has 0 atom stereocenters. The fourth-order valence-electron chi connectivity index (χ4n) is 2.01. The maximum Gasteiger partial charge on any atom is 0.308 e. The summed E-state index contributed by atoms with van der Waals surface area (Å²) >= 11 is 5.91. The minimum atomic E-state index is -0.643. The smallest absolute Gasteiger partial charge is 0.308 e. The second-order valence-electron chi connectivity index (χ2n) is 4.48. The monoisotopic (exact) mass is 284 g/mol. The zero-order chi connectivity index (χ0) is 13.7. The predicted octanol–water partition coefficient (Wildman–Crippen LogP) is 2.53. The van der Waals surface area contributed by atoms with Gasteiger partial charge in [0.1, 0.15) is 5.75 Å². The summed E-state index contributed by atoms with van der Waals surface area (Å²) in [5, 5.41) is 0. The Bertz CT molecular complexity index is 424. The zero-order valence-corrected chi connectivity index (χ0v) is 11.6. The van der Waals surface area contributed by atoms with E-state index in [1.165, 1.54) is 6.92 Å². The van der Waals surface area contributed by atoms with Crippen molar-refractivity contribution in [1.29, 1.82) is 0 Å². The molecule has 1 aliphatic rings. The molecular weight excluding hydrogens is 268 g/mol. The molecule has 1 aliphatic heterocycles. The number of ether oxygens (including phenoxy) is 3. The zero-order valence-electron chi connectivity index (χ0n) is 10.9. The molecule has 0 bridgehead atoms. The van der Waals surface area contributed by atoms with E-state index in [-0.39, 0.29) is 5.97 Å². The second kappa shape index (κ2) is 6.37. The van der Waals surface area contributed by atoms with Gasteiger partial charge in [-0.3, -0.25) is 4.79 Å². The van der Waals surface area contributed by atoms with Crippen LogP contribution in [0.3, 0.4) is 0 Å². The number of hydrogen-bond donors (Lipinski definition) is 0. The van der Waals surface area contributed by atoms with Crippen molar-refractivity contribution in [3.63, 3.8) is 0 Å². The number of rotatable bonds is 5. The van der Waals surface area contributed by atoms with E-state index in [0.29, 0.717) is 31.3 Å². The number of halogens is 1. The molecule has 0 unspecified atom stereocenters. The number of carbonyl (C=O) groups excluding carboxylic acids is 1. The number of aryl methyl sites for hydroxylation is 1. The molecule has 0 amide bonds. The van der Waals surface area contributed by atoms with Gasteiger partial charge in [0.05, 0.1) is 19.1 Å². The molecule has 19 heavy (non-hydrogen) atoms. The van der Waals surface area contributed by atoms with E-state index in [1.807, 2.05) is 12.1 Å². The lowest BCUT2D eigenvalue weighted by Gasteiger charge is -2.24. The maximum atomic E-state index is 10.8. The van der Waals surface area contributed by atoms with Gasteiger partial charge < -0.3 is 14.2 Å². The van der Waals surface area contributed by atoms with Crippen molar-refractivity contribution in [1.82, 2.24) is 0 Å². The molecule has 0 radical (unpaired) electrons. The summed E-state index contributed by atoms with van der Waals surface area (Å²) in [6, 6.07) is 7.41. The molecule has 1 saturated heterocycles. The van der Waals surface area contributed by atoms with Gasteiger partial charge >= 0.3 is 5.97 Å². The van der Waals surface area contributed by atoms with Crippen LogP contribution in [-0.2, 0) is 20.7 Å². The fourth-order valence-corrected chi connectivity index (χ4v) is 2.30. The summed E-state index contributed by atoms with van der Waals surface area (Å²) in [6.45, 7) is 2.57. The van der Waals surface area contributed by atoms with Crippen molar-refractivity contribution in [3.8, 4) is 5.75 Å². The fraction of sp³-hybridized carbons (Fsp3) is 0.500. The molecule has 0 aromatic heterocycles. The number of esters is 1. The molecule has 0 spiro atoms. The van der Waals surface area contributed by atoms with Crippen LogP contribution in [-0.4, -0.2) is 30.9 Å². The molecule has 1 fully saturated rings. The van der Waals surface area contributed by atoms with Crippen molar-refractivity contribution in [2.45, 2.75) is 25.6 Å². The summed E-state index contributed by atoms with van der Waals surface area (Å²) in [4.78, 5) is 10.8. The van der Waals surface area contributed by atoms with Crippen LogP contribution in [0, 0.1) is 0 Å². The topological polar surface area (TPSA) is 44.8 Å². The summed E-state index contributed by atoms with van der Waals surface area (Å²) in [6.07, 6.45) is 1.51. The van der Waals surface area contributed by atoms with Crippen molar-refractivity contribution >= 4 is 17.6 Å². The van der Waals surface area contributed by atoms with Crippen LogP contribution in [0.5, 0.6) is 5.75 Å². The minimum absolute atomic E-state index is 0.318. The predicted molar refractivity (Wildman–Crippen MR) is 71.4 cm³/mol. The first-order chi connectivity index (χ1) is 9.13. The Morgan fingerprint density at radius 3 is 2.47 bits per heavy atom. The van der Waals surface area contributed by atoms with Crippen LogP contribution >= 0.6 is 11.6 Å². The average molecular weight is 285 g/mol. The molecule has 5 heteroatoms. The SMILES string of the molecule is CC(=O)Oc1ccc(CCC2(CCl)OCCO2)cc1. The van der Waals surface area contributed by atoms with E-state index in [2.05, 4.69) is 0 Å². The Morgan fingerprint density at radius 1 is 1.32 bits per heavy atom. The quantitative estimate of drug-likeness (QED) is 0.473. The number of carbonyl (C=O) groups is 1. The molecule has 104 valence electrons. The van der Waals surface area contributed by atoms with E-state index in [9.17, 15) is 4.79 Å². The highest BCUT2D eigenvalue weighted by Crippen LogP contribution is 2.27. The van der Waals surface area contributed by atoms with Gasteiger partial charge in [0, 0.05) is 13.3 Å². The largest absolute Gasteiger partial charge is 0.427 e. The Balaban J connectivity index is 1.90. The van der Waals surface area contributed by atoms with Gasteiger partial charge in [-0.1, -0.05) is 12.1 Å². The molecular formula is C14H17ClO4. The normalized spacial score (nSPS) is 17.4. The average Bonchev–Trinajstić information content (AvgIpc) is 2.87. The molecule has 4 nitrogen and oxygen atoms in total. The first kappa shape index (κ1) is 14.3. The molecule has 1 aromatic carbocycles. The minimum Gasteiger partial charge on any atom is -0.427 e. The van der Waals surface area contributed by atoms with Crippen molar-refractivity contribution in [3.05, 3.63) is 29.8 Å². The summed E-state index contributed by atoms with van der Waals surface area (Å²) in [5.74, 6) is -0.0764. The summed E-state index contributed by atoms with van der Waals surface area (Å²) in [5.41, 5.74) is 1.12. The standard InChI is InChI=1S/C14H17ClO4/c1-11(16)19-13-4-2-12(3-5-13)6-7-14(10-15)17-8-9-18-14/h2-5H,6-10H2,1H3. The van der Waals surface area contributed by atoms with Crippen LogP contribution in [0.4, 0.5) is 0 Å². The second-order valence-corrected chi connectivity index (χ2v) is 4.75. The molecule has 0 N–H and O–H groups in total. The van der Waals surface area contributed by atoms with Gasteiger partial charge in [0.2, 0.25) is 0 Å². The van der Waals surface area contributed by atoms with Crippen LogP contribution in [0.2, 0.25) is 0 Å². The first-order valence-corrected chi connectivity index (χ1v) is 6.78. The van der Waals surface area contributed by atoms with Crippen molar-refractivity contribution < 1.29 is 19.0 Å². The van der Waals surface area contributed by atoms with Crippen LogP contribution in [0.15, 0.2) is 24.3 Å². The molecule has 0 aliphatic carbocycles. The van der Waals surface area contributed by atoms with E-state index >= 15 is 0 Å². The van der Waals surface area contributed by atoms with Gasteiger partial charge in [0.25, 0.3) is 0 Å². The van der Waals surface area contributed by atoms with Crippen LogP contribution in [0.1, 0.15) is 18.9 Å². The van der Waals surface area contributed by atoms with Gasteiger partial charge in [0.15, 0.2) is 5.79 Å². The summed E-state index contributed by atoms with van der Waals surface area (Å²) < 4.78 is 16.1. The van der Waals surface area contributed by atoms with E-state index in [1.54, 1.807) is 12.1 Å². The number of benzene rings is 1. The highest BCUT2D eigenvalue weighted by molar-refractivity contribution is 6.18. The first-order valence-electron chi connectivity index (χ1n) is 6.25. The lowest BCUT2D eigenvalue weighted by Crippen LogP contribution is -2.32. The van der Waals surface area contributed by atoms with Crippen LogP contribution in [0.25, 0.3) is 0 Å². The molecule has 1 aromatic rings. The van der Waals surface area contributed by atoms with Crippen molar-refractivity contribution in [2.24, 2.45) is 0 Å². The molecule has 2 rings (SSSR count). The lowest BCUT2D eigenvalue weighted by atomic mass is 10.1. The number of hydrogen-bond acceptors (Lipinski definition) is 4. The Labute approximate surface area is 117 Å². The third-order valence-corrected chi connectivity index (χ3v) is 3.40. The van der Waals surface area contributed by atoms with E-state index in [0.717, 1.165) is 12.0 Å². The van der Waals surface area contributed by atoms with Crippen LogP contribution < -0.4 is 4.74 Å². The van der Waals surface area contributed by atoms with Gasteiger partial charge in [-0.2, -0.15) is 0 Å². The van der Waals surface area contributed by atoms with Gasteiger partial charge in [-0.25, -0.2) is 0 Å². The Morgan fingerprint density at radius 2 is 1.95 bits per heavy atom. The molecule has 1 heterocycles. The number of alkyl halides is 1.